The second-order valence-corrected chi connectivity index (χ2v) is 2.50. The Kier molecular flexibility index (Phi) is 3.53. The predicted molar refractivity (Wildman–Crippen MR) is 44.3 cm³/mol. The smallest absolute Gasteiger partial charge is 0.190 e. The Morgan fingerprint density at radius 1 is 1.36 bits per heavy atom. The molecule has 0 aliphatic rings. The van der Waals surface area contributed by atoms with E-state index in [4.69, 9.17) is 5.11 Å². The van der Waals surface area contributed by atoms with E-state index in [0.29, 0.717) is 6.29 Å². The Hall–Kier alpha value is -1.49. The molecule has 0 radical (unpaired) electrons. The summed E-state index contributed by atoms with van der Waals surface area (Å²) in [6.45, 7) is -0.539. The van der Waals surface area contributed by atoms with E-state index >= 15 is 0 Å². The molecule has 1 N–H and O–H groups in total. The molecule has 0 aromatic heterocycles. The second kappa shape index (κ2) is 4.66. The molecule has 1 aromatic carbocycles. The number of rotatable bonds is 4. The quantitative estimate of drug-likeness (QED) is 0.745. The number of aldehydes is 1. The first kappa shape index (κ1) is 10.6. The van der Waals surface area contributed by atoms with Crippen LogP contribution in [0, 0.1) is 11.6 Å². The summed E-state index contributed by atoms with van der Waals surface area (Å²) >= 11 is 0. The first-order chi connectivity index (χ1) is 6.69. The number of ether oxygens (including phenoxy) is 1. The van der Waals surface area contributed by atoms with Gasteiger partial charge in [-0.15, -0.1) is 0 Å². The normalized spacial score (nSPS) is 9.93. The van der Waals surface area contributed by atoms with Crippen LogP contribution in [-0.4, -0.2) is 24.6 Å². The van der Waals surface area contributed by atoms with E-state index in [1.54, 1.807) is 0 Å². The third kappa shape index (κ3) is 2.26. The summed E-state index contributed by atoms with van der Waals surface area (Å²) in [4.78, 5) is 10.2. The number of benzene rings is 1. The molecule has 5 heteroatoms. The summed E-state index contributed by atoms with van der Waals surface area (Å²) in [5.41, 5.74) is -0.101. The number of carbonyl (C=O) groups excluding carboxylic acids is 1. The average Bonchev–Trinajstić information content (AvgIpc) is 2.16. The lowest BCUT2D eigenvalue weighted by molar-refractivity contribution is 0.112. The molecule has 0 unspecified atom stereocenters. The maximum atomic E-state index is 13.0. The van der Waals surface area contributed by atoms with E-state index in [9.17, 15) is 13.6 Å². The van der Waals surface area contributed by atoms with Crippen LogP contribution >= 0.6 is 0 Å². The fourth-order valence-electron chi connectivity index (χ4n) is 0.933. The Balaban J connectivity index is 2.99. The van der Waals surface area contributed by atoms with Crippen molar-refractivity contribution in [3.63, 3.8) is 0 Å². The van der Waals surface area contributed by atoms with E-state index in [0.717, 1.165) is 12.1 Å². The summed E-state index contributed by atoms with van der Waals surface area (Å²) in [6.07, 6.45) is 0.335. The molecule has 3 nitrogen and oxygen atoms in total. The van der Waals surface area contributed by atoms with Gasteiger partial charge in [0.05, 0.1) is 6.61 Å². The number of aliphatic hydroxyl groups excluding tert-OH is 1. The van der Waals surface area contributed by atoms with Gasteiger partial charge in [0.15, 0.2) is 17.4 Å². The summed E-state index contributed by atoms with van der Waals surface area (Å²) < 4.78 is 30.6. The van der Waals surface area contributed by atoms with Gasteiger partial charge in [0.1, 0.15) is 12.9 Å². The molecule has 0 aliphatic carbocycles. The van der Waals surface area contributed by atoms with Crippen molar-refractivity contribution in [2.24, 2.45) is 0 Å². The average molecular weight is 202 g/mol. The molecule has 0 spiro atoms. The minimum atomic E-state index is -0.958. The zero-order valence-electron chi connectivity index (χ0n) is 7.17. The lowest BCUT2D eigenvalue weighted by Gasteiger charge is -2.06. The Bertz CT molecular complexity index is 316. The van der Waals surface area contributed by atoms with E-state index in [1.807, 2.05) is 0 Å². The fourth-order valence-corrected chi connectivity index (χ4v) is 0.933. The van der Waals surface area contributed by atoms with Gasteiger partial charge in [0.2, 0.25) is 0 Å². The van der Waals surface area contributed by atoms with Gasteiger partial charge in [-0.1, -0.05) is 0 Å². The van der Waals surface area contributed by atoms with Gasteiger partial charge in [-0.3, -0.25) is 4.79 Å². The molecule has 76 valence electrons. The van der Waals surface area contributed by atoms with Crippen LogP contribution in [0.5, 0.6) is 5.75 Å². The van der Waals surface area contributed by atoms with Crippen LogP contribution in [0.3, 0.4) is 0 Å². The van der Waals surface area contributed by atoms with Crippen LogP contribution in [0.15, 0.2) is 12.1 Å². The minimum Gasteiger partial charge on any atom is -0.485 e. The zero-order valence-corrected chi connectivity index (χ0v) is 7.17. The topological polar surface area (TPSA) is 46.5 Å². The second-order valence-electron chi connectivity index (χ2n) is 2.50. The predicted octanol–water partition coefficient (Wildman–Crippen LogP) is 1.15. The highest BCUT2D eigenvalue weighted by Crippen LogP contribution is 2.22. The van der Waals surface area contributed by atoms with Gasteiger partial charge in [0, 0.05) is 5.56 Å². The first-order valence-corrected chi connectivity index (χ1v) is 3.87. The van der Waals surface area contributed by atoms with Gasteiger partial charge in [-0.25, -0.2) is 8.78 Å². The van der Waals surface area contributed by atoms with Crippen molar-refractivity contribution in [1.82, 2.24) is 0 Å². The maximum Gasteiger partial charge on any atom is 0.190 e. The Labute approximate surface area is 78.9 Å². The van der Waals surface area contributed by atoms with Crippen LogP contribution in [-0.2, 0) is 0 Å². The summed E-state index contributed by atoms with van der Waals surface area (Å²) in [6, 6.07) is 1.73. The SMILES string of the molecule is O=Cc1cc(F)c(OCCO)c(F)c1. The van der Waals surface area contributed by atoms with E-state index in [2.05, 4.69) is 4.74 Å². The molecule has 0 atom stereocenters. The Morgan fingerprint density at radius 2 is 1.93 bits per heavy atom. The number of aliphatic hydroxyl groups is 1. The van der Waals surface area contributed by atoms with Crippen LogP contribution < -0.4 is 4.74 Å². The molecule has 0 saturated heterocycles. The van der Waals surface area contributed by atoms with E-state index in [-0.39, 0.29) is 18.8 Å². The number of carbonyl (C=O) groups is 1. The van der Waals surface area contributed by atoms with E-state index < -0.39 is 17.4 Å². The van der Waals surface area contributed by atoms with Crippen molar-refractivity contribution in [3.8, 4) is 5.75 Å². The Morgan fingerprint density at radius 3 is 2.36 bits per heavy atom. The molecule has 1 aromatic rings. The molecule has 14 heavy (non-hydrogen) atoms. The third-order valence-corrected chi connectivity index (χ3v) is 1.49. The van der Waals surface area contributed by atoms with Crippen LogP contribution in [0.4, 0.5) is 8.78 Å². The van der Waals surface area contributed by atoms with Crippen molar-refractivity contribution in [2.75, 3.05) is 13.2 Å². The van der Waals surface area contributed by atoms with Crippen molar-refractivity contribution >= 4 is 6.29 Å². The number of halogens is 2. The molecular formula is C9H8F2O3. The standard InChI is InChI=1S/C9H8F2O3/c10-7-3-6(5-13)4-8(11)9(7)14-2-1-12/h3-5,12H,1-2H2. The van der Waals surface area contributed by atoms with Crippen molar-refractivity contribution < 1.29 is 23.4 Å². The summed E-state index contributed by atoms with van der Waals surface area (Å²) in [7, 11) is 0. The van der Waals surface area contributed by atoms with Crippen molar-refractivity contribution in [2.45, 2.75) is 0 Å². The van der Waals surface area contributed by atoms with Crippen molar-refractivity contribution in [1.29, 1.82) is 0 Å². The molecule has 1 rings (SSSR count). The molecule has 0 amide bonds. The van der Waals surface area contributed by atoms with Crippen LogP contribution in [0.25, 0.3) is 0 Å². The largest absolute Gasteiger partial charge is 0.485 e. The van der Waals surface area contributed by atoms with Gasteiger partial charge < -0.3 is 9.84 Å². The highest BCUT2D eigenvalue weighted by Gasteiger charge is 2.11. The first-order valence-electron chi connectivity index (χ1n) is 3.87. The summed E-state index contributed by atoms with van der Waals surface area (Å²) in [5.74, 6) is -2.49. The third-order valence-electron chi connectivity index (χ3n) is 1.49. The van der Waals surface area contributed by atoms with Gasteiger partial charge in [0.25, 0.3) is 0 Å². The maximum absolute atomic E-state index is 13.0. The number of hydrogen-bond acceptors (Lipinski definition) is 3. The molecule has 0 aliphatic heterocycles. The zero-order chi connectivity index (χ0) is 10.6. The number of hydrogen-bond donors (Lipinski definition) is 1. The van der Waals surface area contributed by atoms with Gasteiger partial charge >= 0.3 is 0 Å². The lowest BCUT2D eigenvalue weighted by Crippen LogP contribution is -2.05. The molecular weight excluding hydrogens is 194 g/mol. The van der Waals surface area contributed by atoms with Crippen LogP contribution in [0.2, 0.25) is 0 Å². The monoisotopic (exact) mass is 202 g/mol. The fraction of sp³-hybridized carbons (Fsp3) is 0.222. The molecule has 0 bridgehead atoms. The van der Waals surface area contributed by atoms with E-state index in [1.165, 1.54) is 0 Å². The van der Waals surface area contributed by atoms with Crippen molar-refractivity contribution in [3.05, 3.63) is 29.3 Å². The highest BCUT2D eigenvalue weighted by molar-refractivity contribution is 5.75. The molecule has 0 saturated carbocycles. The van der Waals surface area contributed by atoms with Gasteiger partial charge in [-0.05, 0) is 12.1 Å². The lowest BCUT2D eigenvalue weighted by atomic mass is 10.2. The minimum absolute atomic E-state index is 0.101. The highest BCUT2D eigenvalue weighted by atomic mass is 19.1. The summed E-state index contributed by atoms with van der Waals surface area (Å²) in [5, 5.41) is 8.38. The van der Waals surface area contributed by atoms with Crippen LogP contribution in [0.1, 0.15) is 10.4 Å². The van der Waals surface area contributed by atoms with Gasteiger partial charge in [-0.2, -0.15) is 0 Å². The molecule has 0 heterocycles. The molecule has 0 fully saturated rings.